The van der Waals surface area contributed by atoms with E-state index in [1.54, 1.807) is 13.0 Å². The van der Waals surface area contributed by atoms with Crippen LogP contribution in [0.4, 0.5) is 0 Å². The highest BCUT2D eigenvalue weighted by Gasteiger charge is 2.26. The van der Waals surface area contributed by atoms with Crippen molar-refractivity contribution in [2.75, 3.05) is 13.1 Å². The molecule has 0 unspecified atom stereocenters. The Bertz CT molecular complexity index is 868. The summed E-state index contributed by atoms with van der Waals surface area (Å²) in [6, 6.07) is 3.08. The molecule has 26 heavy (non-hydrogen) atoms. The highest BCUT2D eigenvalue weighted by atomic mass is 32.2. The molecule has 0 saturated carbocycles. The maximum absolute atomic E-state index is 12.6. The quantitative estimate of drug-likeness (QED) is 0.813. The zero-order valence-electron chi connectivity index (χ0n) is 14.6. The van der Waals surface area contributed by atoms with Gasteiger partial charge in [0, 0.05) is 49.1 Å². The average molecular weight is 375 g/mol. The first kappa shape index (κ1) is 17.2. The van der Waals surface area contributed by atoms with Crippen molar-refractivity contribution in [3.8, 4) is 5.75 Å². The van der Waals surface area contributed by atoms with Gasteiger partial charge in [0.1, 0.15) is 24.2 Å². The third-order valence-electron chi connectivity index (χ3n) is 4.78. The number of rotatable bonds is 4. The van der Waals surface area contributed by atoms with Crippen LogP contribution >= 0.6 is 11.8 Å². The maximum atomic E-state index is 12.6. The Morgan fingerprint density at radius 2 is 2.15 bits per heavy atom. The lowest BCUT2D eigenvalue weighted by Gasteiger charge is -2.32. The molecule has 138 valence electrons. The van der Waals surface area contributed by atoms with Crippen LogP contribution in [0.5, 0.6) is 5.75 Å². The van der Waals surface area contributed by atoms with Crippen molar-refractivity contribution in [3.05, 3.63) is 45.8 Å². The van der Waals surface area contributed by atoms with E-state index in [-0.39, 0.29) is 12.0 Å². The first-order valence-corrected chi connectivity index (χ1v) is 9.91. The molecule has 1 fully saturated rings. The molecule has 0 atom stereocenters. The topological polar surface area (TPSA) is 77.6 Å². The van der Waals surface area contributed by atoms with Crippen LogP contribution < -0.4 is 10.4 Å². The molecule has 7 nitrogen and oxygen atoms in total. The van der Waals surface area contributed by atoms with Crippen LogP contribution in [0.25, 0.3) is 0 Å². The summed E-state index contributed by atoms with van der Waals surface area (Å²) in [6.45, 7) is 3.34. The van der Waals surface area contributed by atoms with E-state index in [0.717, 1.165) is 24.3 Å². The molecule has 2 aromatic rings. The van der Waals surface area contributed by atoms with Crippen LogP contribution in [0.3, 0.4) is 0 Å². The number of thioether (sulfide) groups is 1. The number of nitrogens with zero attached hydrogens (tertiary/aromatic N) is 3. The second-order valence-corrected chi connectivity index (χ2v) is 7.67. The lowest BCUT2D eigenvalue weighted by molar-refractivity contribution is -0.133. The average Bonchev–Trinajstić information content (AvgIpc) is 3.19. The molecule has 2 aromatic heterocycles. The summed E-state index contributed by atoms with van der Waals surface area (Å²) in [5, 5.41) is 4.35. The number of aromatic nitrogens is 2. The second-order valence-electron chi connectivity index (χ2n) is 6.69. The molecule has 0 aliphatic carbocycles. The monoisotopic (exact) mass is 375 g/mol. The van der Waals surface area contributed by atoms with Crippen LogP contribution in [-0.4, -0.2) is 39.8 Å². The van der Waals surface area contributed by atoms with Crippen LogP contribution in [-0.2, 0) is 22.8 Å². The Labute approximate surface area is 155 Å². The van der Waals surface area contributed by atoms with E-state index in [9.17, 15) is 9.59 Å². The molecule has 1 amide bonds. The van der Waals surface area contributed by atoms with Crippen LogP contribution in [0.1, 0.15) is 29.9 Å². The SMILES string of the molecule is Cc1cc(OC2CCN(C(=O)Cn3ncc4c3CSC4)CC2)cc(=O)o1. The zero-order valence-corrected chi connectivity index (χ0v) is 15.5. The number of amides is 1. The number of carbonyl (C=O) groups excluding carboxylic acids is 1. The van der Waals surface area contributed by atoms with E-state index in [1.807, 2.05) is 27.5 Å². The first-order chi connectivity index (χ1) is 12.6. The number of hydrogen-bond acceptors (Lipinski definition) is 6. The molecule has 0 spiro atoms. The summed E-state index contributed by atoms with van der Waals surface area (Å²) in [5.41, 5.74) is 2.02. The minimum atomic E-state index is -0.405. The fourth-order valence-electron chi connectivity index (χ4n) is 3.42. The molecule has 1 saturated heterocycles. The molecular weight excluding hydrogens is 354 g/mol. The summed E-state index contributed by atoms with van der Waals surface area (Å²) < 4.78 is 12.7. The first-order valence-electron chi connectivity index (χ1n) is 8.76. The Balaban J connectivity index is 1.31. The molecule has 0 radical (unpaired) electrons. The third kappa shape index (κ3) is 3.65. The summed E-state index contributed by atoms with van der Waals surface area (Å²) in [4.78, 5) is 25.9. The largest absolute Gasteiger partial charge is 0.490 e. The van der Waals surface area contributed by atoms with Gasteiger partial charge in [-0.3, -0.25) is 9.48 Å². The van der Waals surface area contributed by atoms with Crippen molar-refractivity contribution in [1.82, 2.24) is 14.7 Å². The van der Waals surface area contributed by atoms with E-state index in [0.29, 0.717) is 31.1 Å². The number of fused-ring (bicyclic) bond motifs is 1. The van der Waals surface area contributed by atoms with Gasteiger partial charge in [0.15, 0.2) is 0 Å². The van der Waals surface area contributed by atoms with Crippen molar-refractivity contribution in [2.24, 2.45) is 0 Å². The Morgan fingerprint density at radius 1 is 1.35 bits per heavy atom. The zero-order chi connectivity index (χ0) is 18.1. The lowest BCUT2D eigenvalue weighted by Crippen LogP contribution is -2.43. The van der Waals surface area contributed by atoms with Crippen LogP contribution in [0, 0.1) is 6.92 Å². The van der Waals surface area contributed by atoms with E-state index in [4.69, 9.17) is 9.15 Å². The fraction of sp³-hybridized carbons (Fsp3) is 0.500. The number of ether oxygens (including phenoxy) is 1. The van der Waals surface area contributed by atoms with Gasteiger partial charge in [0.05, 0.1) is 18.0 Å². The fourth-order valence-corrected chi connectivity index (χ4v) is 4.51. The number of likely N-dealkylation sites (tertiary alicyclic amines) is 1. The molecule has 2 aliphatic heterocycles. The van der Waals surface area contributed by atoms with Crippen LogP contribution in [0.2, 0.25) is 0 Å². The number of piperidine rings is 1. The van der Waals surface area contributed by atoms with Crippen molar-refractivity contribution < 1.29 is 13.9 Å². The standard InChI is InChI=1S/C18H21N3O4S/c1-12-6-15(7-18(23)24-12)25-14-2-4-20(5-3-14)17(22)9-21-16-11-26-10-13(16)8-19-21/h6-8,14H,2-5,9-11H2,1H3. The summed E-state index contributed by atoms with van der Waals surface area (Å²) in [7, 11) is 0. The van der Waals surface area contributed by atoms with Gasteiger partial charge in [-0.05, 0) is 6.92 Å². The Hall–Kier alpha value is -2.22. The number of carbonyl (C=O) groups is 1. The van der Waals surface area contributed by atoms with Crippen molar-refractivity contribution in [3.63, 3.8) is 0 Å². The number of aryl methyl sites for hydroxylation is 1. The summed E-state index contributed by atoms with van der Waals surface area (Å²) in [6.07, 6.45) is 3.38. The van der Waals surface area contributed by atoms with E-state index < -0.39 is 5.63 Å². The van der Waals surface area contributed by atoms with Gasteiger partial charge in [-0.15, -0.1) is 0 Å². The van der Waals surface area contributed by atoms with Gasteiger partial charge >= 0.3 is 5.63 Å². The summed E-state index contributed by atoms with van der Waals surface area (Å²) in [5.74, 6) is 3.09. The van der Waals surface area contributed by atoms with E-state index in [1.165, 1.54) is 17.3 Å². The van der Waals surface area contributed by atoms with Crippen molar-refractivity contribution in [1.29, 1.82) is 0 Å². The molecule has 4 heterocycles. The Morgan fingerprint density at radius 3 is 2.92 bits per heavy atom. The lowest BCUT2D eigenvalue weighted by atomic mass is 10.1. The molecule has 0 bridgehead atoms. The van der Waals surface area contributed by atoms with Crippen LogP contribution in [0.15, 0.2) is 27.5 Å². The van der Waals surface area contributed by atoms with Gasteiger partial charge < -0.3 is 14.1 Å². The molecule has 8 heteroatoms. The highest BCUT2D eigenvalue weighted by Crippen LogP contribution is 2.29. The van der Waals surface area contributed by atoms with Gasteiger partial charge in [-0.1, -0.05) is 0 Å². The molecule has 2 aliphatic rings. The predicted octanol–water partition coefficient (Wildman–Crippen LogP) is 1.96. The minimum absolute atomic E-state index is 0.00519. The number of hydrogen-bond donors (Lipinski definition) is 0. The Kier molecular flexibility index (Phi) is 4.76. The summed E-state index contributed by atoms with van der Waals surface area (Å²) >= 11 is 1.86. The van der Waals surface area contributed by atoms with Gasteiger partial charge in [-0.2, -0.15) is 16.9 Å². The van der Waals surface area contributed by atoms with E-state index >= 15 is 0 Å². The normalized spacial score (nSPS) is 17.3. The predicted molar refractivity (Wildman–Crippen MR) is 97.2 cm³/mol. The highest BCUT2D eigenvalue weighted by molar-refractivity contribution is 7.98. The van der Waals surface area contributed by atoms with Gasteiger partial charge in [-0.25, -0.2) is 4.79 Å². The van der Waals surface area contributed by atoms with Crippen molar-refractivity contribution >= 4 is 17.7 Å². The van der Waals surface area contributed by atoms with Crippen molar-refractivity contribution in [2.45, 2.75) is 43.9 Å². The maximum Gasteiger partial charge on any atom is 0.339 e. The van der Waals surface area contributed by atoms with Gasteiger partial charge in [0.25, 0.3) is 0 Å². The van der Waals surface area contributed by atoms with Gasteiger partial charge in [0.2, 0.25) is 5.91 Å². The molecule has 0 aromatic carbocycles. The minimum Gasteiger partial charge on any atom is -0.490 e. The van der Waals surface area contributed by atoms with E-state index in [2.05, 4.69) is 5.10 Å². The molecular formula is C18H21N3O4S. The molecule has 0 N–H and O–H groups in total. The molecule has 4 rings (SSSR count). The third-order valence-corrected chi connectivity index (χ3v) is 5.77. The smallest absolute Gasteiger partial charge is 0.339 e. The second kappa shape index (κ2) is 7.19.